The maximum atomic E-state index is 13.2. The summed E-state index contributed by atoms with van der Waals surface area (Å²) in [6, 6.07) is 14.1. The molecule has 0 aliphatic heterocycles. The van der Waals surface area contributed by atoms with Crippen LogP contribution < -0.4 is 14.9 Å². The van der Waals surface area contributed by atoms with E-state index in [0.29, 0.717) is 29.7 Å². The standard InChI is InChI=1S/C30H28O9/c1-3-8-21-23(12-11-20(17(2)31)27(21)33)38-14-7-13-37-19-15-22(32)26-24(16-19)39-29(30(35)36)25(28(26)34)18-9-5-4-6-10-18/h4-6,9-12,15-16,32-33H,3,7-8,13-14H2,1-2H3,(H,35,36). The number of rotatable bonds is 11. The topological polar surface area (TPSA) is 144 Å². The summed E-state index contributed by atoms with van der Waals surface area (Å²) in [6.07, 6.45) is 1.73. The van der Waals surface area contributed by atoms with E-state index in [1.54, 1.807) is 36.4 Å². The van der Waals surface area contributed by atoms with E-state index in [9.17, 15) is 29.7 Å². The molecule has 3 aromatic carbocycles. The van der Waals surface area contributed by atoms with E-state index in [1.807, 2.05) is 6.92 Å². The van der Waals surface area contributed by atoms with Gasteiger partial charge in [-0.15, -0.1) is 0 Å². The number of hydrogen-bond donors (Lipinski definition) is 3. The van der Waals surface area contributed by atoms with Gasteiger partial charge >= 0.3 is 5.97 Å². The average Bonchev–Trinajstić information content (AvgIpc) is 2.90. The molecule has 0 aliphatic carbocycles. The van der Waals surface area contributed by atoms with Crippen molar-refractivity contribution in [2.45, 2.75) is 33.1 Å². The third kappa shape index (κ3) is 5.72. The third-order valence-electron chi connectivity index (χ3n) is 6.14. The normalized spacial score (nSPS) is 10.9. The monoisotopic (exact) mass is 532 g/mol. The third-order valence-corrected chi connectivity index (χ3v) is 6.14. The highest BCUT2D eigenvalue weighted by molar-refractivity contribution is 5.98. The molecule has 202 valence electrons. The number of ether oxygens (including phenoxy) is 2. The van der Waals surface area contributed by atoms with Gasteiger partial charge in [-0.3, -0.25) is 9.59 Å². The molecule has 0 saturated heterocycles. The van der Waals surface area contributed by atoms with Gasteiger partial charge in [0.15, 0.2) is 5.78 Å². The molecule has 3 N–H and O–H groups in total. The summed E-state index contributed by atoms with van der Waals surface area (Å²) in [5.41, 5.74) is 0.245. The van der Waals surface area contributed by atoms with Gasteiger partial charge < -0.3 is 29.2 Å². The van der Waals surface area contributed by atoms with Gasteiger partial charge in [-0.25, -0.2) is 4.79 Å². The number of phenolic OH excluding ortho intramolecular Hbond substituents is 2. The van der Waals surface area contributed by atoms with Gasteiger partial charge in [0, 0.05) is 24.1 Å². The first-order chi connectivity index (χ1) is 18.7. The van der Waals surface area contributed by atoms with Gasteiger partial charge in [-0.1, -0.05) is 43.7 Å². The van der Waals surface area contributed by atoms with E-state index in [2.05, 4.69) is 0 Å². The minimum absolute atomic E-state index is 0.0672. The molecule has 0 amide bonds. The van der Waals surface area contributed by atoms with Crippen molar-refractivity contribution in [3.05, 3.63) is 81.7 Å². The van der Waals surface area contributed by atoms with Gasteiger partial charge in [-0.2, -0.15) is 0 Å². The Balaban J connectivity index is 1.50. The number of carboxylic acid groups (broad SMARTS) is 1. The minimum atomic E-state index is -1.42. The second-order valence-electron chi connectivity index (χ2n) is 8.92. The fourth-order valence-corrected chi connectivity index (χ4v) is 4.33. The van der Waals surface area contributed by atoms with Gasteiger partial charge in [0.25, 0.3) is 0 Å². The first kappa shape index (κ1) is 27.3. The van der Waals surface area contributed by atoms with Crippen LogP contribution in [0.15, 0.2) is 63.8 Å². The predicted octanol–water partition coefficient (Wildman–Crippen LogP) is 5.57. The van der Waals surface area contributed by atoms with Crippen LogP contribution in [0.1, 0.15) is 53.2 Å². The number of carbonyl (C=O) groups is 2. The summed E-state index contributed by atoms with van der Waals surface area (Å²) in [6.45, 7) is 3.76. The number of aromatic hydroxyl groups is 2. The highest BCUT2D eigenvalue weighted by Gasteiger charge is 2.23. The lowest BCUT2D eigenvalue weighted by atomic mass is 10.0. The Bertz CT molecular complexity index is 1590. The van der Waals surface area contributed by atoms with E-state index in [1.165, 1.54) is 25.1 Å². The highest BCUT2D eigenvalue weighted by Crippen LogP contribution is 2.34. The summed E-state index contributed by atoms with van der Waals surface area (Å²) >= 11 is 0. The number of benzene rings is 3. The largest absolute Gasteiger partial charge is 0.507 e. The van der Waals surface area contributed by atoms with Crippen LogP contribution in [-0.2, 0) is 6.42 Å². The van der Waals surface area contributed by atoms with Crippen molar-refractivity contribution in [1.29, 1.82) is 0 Å². The molecule has 0 atom stereocenters. The molecule has 9 heteroatoms. The first-order valence-electron chi connectivity index (χ1n) is 12.5. The van der Waals surface area contributed by atoms with Crippen molar-refractivity contribution >= 4 is 22.7 Å². The van der Waals surface area contributed by atoms with Crippen LogP contribution in [0.4, 0.5) is 0 Å². The average molecular weight is 533 g/mol. The number of hydrogen-bond acceptors (Lipinski definition) is 8. The number of aromatic carboxylic acids is 1. The number of carboxylic acids is 1. The molecule has 0 bridgehead atoms. The minimum Gasteiger partial charge on any atom is -0.507 e. The fourth-order valence-electron chi connectivity index (χ4n) is 4.33. The van der Waals surface area contributed by atoms with Gasteiger partial charge in [0.05, 0.1) is 24.3 Å². The maximum Gasteiger partial charge on any atom is 0.372 e. The molecule has 9 nitrogen and oxygen atoms in total. The smallest absolute Gasteiger partial charge is 0.372 e. The zero-order chi connectivity index (χ0) is 28.1. The molecule has 0 saturated carbocycles. The first-order valence-corrected chi connectivity index (χ1v) is 12.5. The maximum absolute atomic E-state index is 13.2. The van der Waals surface area contributed by atoms with Crippen molar-refractivity contribution in [1.82, 2.24) is 0 Å². The highest BCUT2D eigenvalue weighted by atomic mass is 16.5. The van der Waals surface area contributed by atoms with Crippen LogP contribution in [0.25, 0.3) is 22.1 Å². The Morgan fingerprint density at radius 1 is 0.974 bits per heavy atom. The zero-order valence-corrected chi connectivity index (χ0v) is 21.5. The molecule has 4 aromatic rings. The van der Waals surface area contributed by atoms with Crippen molar-refractivity contribution in [3.8, 4) is 34.1 Å². The summed E-state index contributed by atoms with van der Waals surface area (Å²) < 4.78 is 17.1. The Labute approximate surface area is 223 Å². The SMILES string of the molecule is CCCc1c(OCCCOc2cc(O)c3c(=O)c(-c4ccccc4)c(C(=O)O)oc3c2)ccc(C(C)=O)c1O. The molecule has 4 rings (SSSR count). The number of fused-ring (bicyclic) bond motifs is 1. The fraction of sp³-hybridized carbons (Fsp3) is 0.233. The summed E-state index contributed by atoms with van der Waals surface area (Å²) in [4.78, 5) is 36.8. The number of carbonyl (C=O) groups excluding carboxylic acids is 1. The van der Waals surface area contributed by atoms with E-state index < -0.39 is 22.9 Å². The second-order valence-corrected chi connectivity index (χ2v) is 8.92. The number of Topliss-reactive ketones (excluding diaryl/α,β-unsaturated/α-hetero) is 1. The van der Waals surface area contributed by atoms with Gasteiger partial charge in [-0.05, 0) is 31.0 Å². The van der Waals surface area contributed by atoms with Crippen LogP contribution in [0, 0.1) is 0 Å². The van der Waals surface area contributed by atoms with Crippen molar-refractivity contribution in [2.75, 3.05) is 13.2 Å². The molecular weight excluding hydrogens is 504 g/mol. The number of ketones is 1. The van der Waals surface area contributed by atoms with E-state index in [0.717, 1.165) is 6.42 Å². The lowest BCUT2D eigenvalue weighted by molar-refractivity contribution is 0.0664. The summed E-state index contributed by atoms with van der Waals surface area (Å²) in [7, 11) is 0. The molecule has 0 aliphatic rings. The number of phenols is 2. The Morgan fingerprint density at radius 2 is 1.69 bits per heavy atom. The molecule has 0 spiro atoms. The van der Waals surface area contributed by atoms with Crippen LogP contribution in [0.2, 0.25) is 0 Å². The Morgan fingerprint density at radius 3 is 2.36 bits per heavy atom. The van der Waals surface area contributed by atoms with Gasteiger partial charge in [0.1, 0.15) is 34.0 Å². The molecule has 0 unspecified atom stereocenters. The van der Waals surface area contributed by atoms with Crippen LogP contribution >= 0.6 is 0 Å². The Kier molecular flexibility index (Phi) is 8.19. The van der Waals surface area contributed by atoms with Crippen molar-refractivity contribution in [2.24, 2.45) is 0 Å². The predicted molar refractivity (Wildman–Crippen MR) is 144 cm³/mol. The zero-order valence-electron chi connectivity index (χ0n) is 21.5. The van der Waals surface area contributed by atoms with Crippen LogP contribution in [0.5, 0.6) is 23.0 Å². The second kappa shape index (κ2) is 11.7. The molecule has 0 fully saturated rings. The molecule has 0 radical (unpaired) electrons. The van der Waals surface area contributed by atoms with Crippen molar-refractivity contribution < 1.29 is 38.8 Å². The lowest BCUT2D eigenvalue weighted by Gasteiger charge is -2.15. The lowest BCUT2D eigenvalue weighted by Crippen LogP contribution is -2.13. The molecule has 1 heterocycles. The van der Waals surface area contributed by atoms with Crippen LogP contribution in [-0.4, -0.2) is 40.3 Å². The quantitative estimate of drug-likeness (QED) is 0.167. The van der Waals surface area contributed by atoms with E-state index >= 15 is 0 Å². The molecular formula is C30H28O9. The van der Waals surface area contributed by atoms with E-state index in [4.69, 9.17) is 13.9 Å². The van der Waals surface area contributed by atoms with Crippen molar-refractivity contribution in [3.63, 3.8) is 0 Å². The molecule has 1 aromatic heterocycles. The van der Waals surface area contributed by atoms with Crippen LogP contribution in [0.3, 0.4) is 0 Å². The Hall–Kier alpha value is -4.79. The van der Waals surface area contributed by atoms with E-state index in [-0.39, 0.29) is 52.6 Å². The summed E-state index contributed by atoms with van der Waals surface area (Å²) in [5, 5.41) is 30.6. The van der Waals surface area contributed by atoms with Gasteiger partial charge in [0.2, 0.25) is 11.2 Å². The summed E-state index contributed by atoms with van der Waals surface area (Å²) in [5.74, 6) is -1.98. The molecule has 39 heavy (non-hydrogen) atoms.